The van der Waals surface area contributed by atoms with E-state index in [4.69, 9.17) is 4.74 Å². The maximum absolute atomic E-state index is 13.3. The monoisotopic (exact) mass is 416 g/mol. The standard InChI is InChI=1S/C25H25N3O3/c1-31-23-9-5-4-8-21(23)26-12-14-27(15-13-26)22-17-24(29)28(25(22)30)20-11-10-18-6-2-3-7-19(18)16-20/h2-11,16,22H,12-15,17H2,1H3/p+1/t22-/m0/s1. The van der Waals surface area contributed by atoms with Crippen LogP contribution < -0.4 is 19.4 Å². The van der Waals surface area contributed by atoms with Crippen molar-refractivity contribution in [3.63, 3.8) is 0 Å². The first kappa shape index (κ1) is 19.6. The van der Waals surface area contributed by atoms with Crippen molar-refractivity contribution in [3.8, 4) is 5.75 Å². The van der Waals surface area contributed by atoms with Crippen molar-refractivity contribution in [1.82, 2.24) is 0 Å². The summed E-state index contributed by atoms with van der Waals surface area (Å²) in [5.74, 6) is 0.673. The molecule has 0 spiro atoms. The van der Waals surface area contributed by atoms with Crippen LogP contribution in [0, 0.1) is 0 Å². The number of fused-ring (bicyclic) bond motifs is 1. The lowest BCUT2D eigenvalue weighted by molar-refractivity contribution is -0.915. The maximum atomic E-state index is 13.3. The van der Waals surface area contributed by atoms with Crippen molar-refractivity contribution in [2.75, 3.05) is 43.1 Å². The SMILES string of the molecule is COc1ccccc1N1CC[NH+]([C@H]2CC(=O)N(c3ccc4ccccc4c3)C2=O)CC1. The van der Waals surface area contributed by atoms with E-state index in [9.17, 15) is 9.59 Å². The average molecular weight is 417 g/mol. The summed E-state index contributed by atoms with van der Waals surface area (Å²) in [5.41, 5.74) is 1.75. The van der Waals surface area contributed by atoms with Gasteiger partial charge in [-0.05, 0) is 35.0 Å². The maximum Gasteiger partial charge on any atom is 0.292 e. The largest absolute Gasteiger partial charge is 0.495 e. The van der Waals surface area contributed by atoms with E-state index in [0.717, 1.165) is 48.4 Å². The molecule has 5 rings (SSSR count). The number of nitrogens with zero attached hydrogens (tertiary/aromatic N) is 2. The number of hydrogen-bond acceptors (Lipinski definition) is 4. The second-order valence-corrected chi connectivity index (χ2v) is 8.17. The fourth-order valence-corrected chi connectivity index (χ4v) is 4.81. The van der Waals surface area contributed by atoms with E-state index in [1.807, 2.05) is 60.7 Å². The molecule has 0 saturated carbocycles. The predicted molar refractivity (Wildman–Crippen MR) is 121 cm³/mol. The number of quaternary nitrogens is 1. The van der Waals surface area contributed by atoms with Gasteiger partial charge in [0, 0.05) is 0 Å². The molecule has 0 aliphatic carbocycles. The van der Waals surface area contributed by atoms with Crippen LogP contribution >= 0.6 is 0 Å². The Morgan fingerprint density at radius 3 is 2.39 bits per heavy atom. The molecule has 3 aromatic rings. The number of hydrogen-bond donors (Lipinski definition) is 1. The van der Waals surface area contributed by atoms with Crippen LogP contribution in [0.25, 0.3) is 10.8 Å². The molecule has 6 heteroatoms. The van der Waals surface area contributed by atoms with Crippen molar-refractivity contribution in [2.45, 2.75) is 12.5 Å². The fourth-order valence-electron chi connectivity index (χ4n) is 4.81. The van der Waals surface area contributed by atoms with Crippen LogP contribution in [-0.4, -0.2) is 51.1 Å². The van der Waals surface area contributed by atoms with Crippen LogP contribution in [0.15, 0.2) is 66.7 Å². The number of benzene rings is 3. The van der Waals surface area contributed by atoms with E-state index in [1.54, 1.807) is 7.11 Å². The Morgan fingerprint density at radius 2 is 1.61 bits per heavy atom. The van der Waals surface area contributed by atoms with E-state index < -0.39 is 0 Å². The number of methoxy groups -OCH3 is 1. The molecule has 31 heavy (non-hydrogen) atoms. The summed E-state index contributed by atoms with van der Waals surface area (Å²) in [6.07, 6.45) is 0.273. The van der Waals surface area contributed by atoms with Gasteiger partial charge in [-0.2, -0.15) is 0 Å². The van der Waals surface area contributed by atoms with Gasteiger partial charge in [-0.15, -0.1) is 0 Å². The van der Waals surface area contributed by atoms with E-state index in [2.05, 4.69) is 11.0 Å². The number of amides is 2. The number of ether oxygens (including phenoxy) is 1. The predicted octanol–water partition coefficient (Wildman–Crippen LogP) is 1.89. The molecule has 2 amide bonds. The summed E-state index contributed by atoms with van der Waals surface area (Å²) < 4.78 is 5.50. The summed E-state index contributed by atoms with van der Waals surface area (Å²) in [5, 5.41) is 2.13. The van der Waals surface area contributed by atoms with Gasteiger partial charge in [0.2, 0.25) is 5.91 Å². The van der Waals surface area contributed by atoms with Crippen LogP contribution in [0.2, 0.25) is 0 Å². The second kappa shape index (κ2) is 8.04. The highest BCUT2D eigenvalue weighted by Gasteiger charge is 2.46. The molecule has 0 aromatic heterocycles. The Morgan fingerprint density at radius 1 is 0.903 bits per heavy atom. The third-order valence-corrected chi connectivity index (χ3v) is 6.46. The minimum atomic E-state index is -0.307. The molecule has 0 radical (unpaired) electrons. The van der Waals surface area contributed by atoms with Crippen LogP contribution in [-0.2, 0) is 9.59 Å². The lowest BCUT2D eigenvalue weighted by Crippen LogP contribution is -3.19. The minimum absolute atomic E-state index is 0.0824. The summed E-state index contributed by atoms with van der Waals surface area (Å²) >= 11 is 0. The molecule has 2 saturated heterocycles. The molecule has 2 aliphatic heterocycles. The molecular weight excluding hydrogens is 390 g/mol. The Balaban J connectivity index is 1.31. The van der Waals surface area contributed by atoms with Crippen molar-refractivity contribution in [3.05, 3.63) is 66.7 Å². The molecule has 2 fully saturated rings. The molecule has 0 unspecified atom stereocenters. The number of anilines is 2. The third kappa shape index (κ3) is 3.53. The second-order valence-electron chi connectivity index (χ2n) is 8.17. The molecule has 3 aromatic carbocycles. The zero-order chi connectivity index (χ0) is 21.4. The first-order chi connectivity index (χ1) is 15.2. The summed E-state index contributed by atoms with van der Waals surface area (Å²) in [6, 6.07) is 21.5. The van der Waals surface area contributed by atoms with E-state index in [0.29, 0.717) is 5.69 Å². The number of rotatable bonds is 4. The Labute approximate surface area is 181 Å². The average Bonchev–Trinajstić information content (AvgIpc) is 3.12. The first-order valence-corrected chi connectivity index (χ1v) is 10.7. The van der Waals surface area contributed by atoms with Crippen molar-refractivity contribution < 1.29 is 19.2 Å². The minimum Gasteiger partial charge on any atom is -0.495 e. The highest BCUT2D eigenvalue weighted by Crippen LogP contribution is 2.28. The van der Waals surface area contributed by atoms with Crippen LogP contribution in [0.4, 0.5) is 11.4 Å². The van der Waals surface area contributed by atoms with Crippen LogP contribution in [0.1, 0.15) is 6.42 Å². The fraction of sp³-hybridized carbons (Fsp3) is 0.280. The lowest BCUT2D eigenvalue weighted by Gasteiger charge is -2.36. The number of imide groups is 1. The van der Waals surface area contributed by atoms with Gasteiger partial charge in [0.1, 0.15) is 5.75 Å². The van der Waals surface area contributed by atoms with Gasteiger partial charge in [-0.1, -0.05) is 42.5 Å². The van der Waals surface area contributed by atoms with Gasteiger partial charge in [-0.25, -0.2) is 4.90 Å². The highest BCUT2D eigenvalue weighted by molar-refractivity contribution is 6.22. The Kier molecular flexibility index (Phi) is 5.08. The number of para-hydroxylation sites is 2. The Bertz CT molecular complexity index is 1140. The molecule has 2 heterocycles. The van der Waals surface area contributed by atoms with Crippen LogP contribution in [0.3, 0.4) is 0 Å². The molecule has 2 aliphatic rings. The summed E-state index contributed by atoms with van der Waals surface area (Å²) in [7, 11) is 1.69. The number of nitrogens with one attached hydrogen (secondary N) is 1. The van der Waals surface area contributed by atoms with Crippen molar-refractivity contribution in [1.29, 1.82) is 0 Å². The molecule has 6 nitrogen and oxygen atoms in total. The van der Waals surface area contributed by atoms with Gasteiger partial charge >= 0.3 is 0 Å². The van der Waals surface area contributed by atoms with Crippen molar-refractivity contribution in [2.24, 2.45) is 0 Å². The van der Waals surface area contributed by atoms with E-state index in [-0.39, 0.29) is 24.3 Å². The van der Waals surface area contributed by atoms with Gasteiger partial charge in [0.05, 0.1) is 51.1 Å². The van der Waals surface area contributed by atoms with E-state index >= 15 is 0 Å². The molecule has 1 atom stereocenters. The normalized spacial score (nSPS) is 20.0. The lowest BCUT2D eigenvalue weighted by atomic mass is 10.1. The van der Waals surface area contributed by atoms with Gasteiger partial charge in [0.25, 0.3) is 5.91 Å². The Hall–Kier alpha value is -3.38. The smallest absolute Gasteiger partial charge is 0.292 e. The molecular formula is C25H26N3O3+. The zero-order valence-corrected chi connectivity index (χ0v) is 17.6. The highest BCUT2D eigenvalue weighted by atomic mass is 16.5. The van der Waals surface area contributed by atoms with Gasteiger partial charge < -0.3 is 14.5 Å². The first-order valence-electron chi connectivity index (χ1n) is 10.7. The van der Waals surface area contributed by atoms with Crippen LogP contribution in [0.5, 0.6) is 5.75 Å². The molecule has 158 valence electrons. The molecule has 1 N–H and O–H groups in total. The molecule has 0 bridgehead atoms. The third-order valence-electron chi connectivity index (χ3n) is 6.46. The number of carbonyl (C=O) groups is 2. The summed E-state index contributed by atoms with van der Waals surface area (Å²) in [6.45, 7) is 3.27. The van der Waals surface area contributed by atoms with Gasteiger partial charge in [-0.3, -0.25) is 9.59 Å². The quantitative estimate of drug-likeness (QED) is 0.660. The number of piperazine rings is 1. The van der Waals surface area contributed by atoms with E-state index in [1.165, 1.54) is 9.80 Å². The number of carbonyl (C=O) groups excluding carboxylic acids is 2. The van der Waals surface area contributed by atoms with Crippen molar-refractivity contribution >= 4 is 34.0 Å². The van der Waals surface area contributed by atoms with Gasteiger partial charge in [0.15, 0.2) is 6.04 Å². The summed E-state index contributed by atoms with van der Waals surface area (Å²) in [4.78, 5) is 30.9. The zero-order valence-electron chi connectivity index (χ0n) is 17.6. The topological polar surface area (TPSA) is 54.3 Å².